The molecule has 0 spiro atoms. The lowest BCUT2D eigenvalue weighted by Gasteiger charge is -2.09. The summed E-state index contributed by atoms with van der Waals surface area (Å²) < 4.78 is 24.1. The van der Waals surface area contributed by atoms with E-state index in [1.807, 2.05) is 6.92 Å². The van der Waals surface area contributed by atoms with Gasteiger partial charge in [0.05, 0.1) is 17.2 Å². The van der Waals surface area contributed by atoms with Crippen LogP contribution in [0.3, 0.4) is 0 Å². The van der Waals surface area contributed by atoms with Gasteiger partial charge in [-0.05, 0) is 19.1 Å². The molecule has 20 heavy (non-hydrogen) atoms. The molecule has 1 aromatic rings. The SMILES string of the molecule is C=CCNC(=NCCS(=O)(=O)c1ccccc1)NCC. The highest BCUT2D eigenvalue weighted by atomic mass is 32.2. The van der Waals surface area contributed by atoms with E-state index in [2.05, 4.69) is 22.2 Å². The molecule has 1 rings (SSSR count). The maximum absolute atomic E-state index is 12.1. The van der Waals surface area contributed by atoms with E-state index in [4.69, 9.17) is 0 Å². The average Bonchev–Trinajstić information content (AvgIpc) is 2.45. The predicted octanol–water partition coefficient (Wildman–Crippen LogP) is 1.20. The zero-order chi connectivity index (χ0) is 14.8. The summed E-state index contributed by atoms with van der Waals surface area (Å²) >= 11 is 0. The van der Waals surface area contributed by atoms with Gasteiger partial charge in [0.15, 0.2) is 15.8 Å². The van der Waals surface area contributed by atoms with E-state index >= 15 is 0 Å². The largest absolute Gasteiger partial charge is 0.357 e. The van der Waals surface area contributed by atoms with Crippen LogP contribution < -0.4 is 10.6 Å². The van der Waals surface area contributed by atoms with Crippen molar-refractivity contribution in [1.29, 1.82) is 0 Å². The minimum Gasteiger partial charge on any atom is -0.357 e. The highest BCUT2D eigenvalue weighted by Crippen LogP contribution is 2.09. The molecule has 0 unspecified atom stereocenters. The molecule has 2 N–H and O–H groups in total. The third kappa shape index (κ3) is 5.44. The van der Waals surface area contributed by atoms with Crippen molar-refractivity contribution in [2.45, 2.75) is 11.8 Å². The summed E-state index contributed by atoms with van der Waals surface area (Å²) in [5, 5.41) is 6.06. The van der Waals surface area contributed by atoms with Crippen molar-refractivity contribution in [3.8, 4) is 0 Å². The standard InChI is InChI=1S/C14H21N3O2S/c1-3-10-16-14(15-4-2)17-11-12-20(18,19)13-8-6-5-7-9-13/h3,5-9H,1,4,10-12H2,2H3,(H2,15,16,17). The van der Waals surface area contributed by atoms with Crippen LogP contribution >= 0.6 is 0 Å². The minimum atomic E-state index is -3.27. The summed E-state index contributed by atoms with van der Waals surface area (Å²) in [5.74, 6) is 0.581. The summed E-state index contributed by atoms with van der Waals surface area (Å²) in [5.41, 5.74) is 0. The number of guanidine groups is 1. The first kappa shape index (κ1) is 16.2. The fraction of sp³-hybridized carbons (Fsp3) is 0.357. The lowest BCUT2D eigenvalue weighted by Crippen LogP contribution is -2.37. The smallest absolute Gasteiger partial charge is 0.191 e. The van der Waals surface area contributed by atoms with Crippen molar-refractivity contribution in [2.75, 3.05) is 25.4 Å². The Bertz CT molecular complexity index is 539. The molecule has 0 saturated carbocycles. The van der Waals surface area contributed by atoms with Gasteiger partial charge in [0.1, 0.15) is 0 Å². The second-order valence-electron chi connectivity index (χ2n) is 4.06. The van der Waals surface area contributed by atoms with Crippen molar-refractivity contribution < 1.29 is 8.42 Å². The molecule has 5 nitrogen and oxygen atoms in total. The lowest BCUT2D eigenvalue weighted by molar-refractivity contribution is 0.596. The van der Waals surface area contributed by atoms with Crippen LogP contribution in [0.25, 0.3) is 0 Å². The van der Waals surface area contributed by atoms with Crippen LogP contribution in [0, 0.1) is 0 Å². The molecular weight excluding hydrogens is 274 g/mol. The second-order valence-corrected chi connectivity index (χ2v) is 6.17. The molecule has 0 saturated heterocycles. The molecule has 0 bridgehead atoms. The van der Waals surface area contributed by atoms with Crippen molar-refractivity contribution in [3.05, 3.63) is 43.0 Å². The van der Waals surface area contributed by atoms with Gasteiger partial charge >= 0.3 is 0 Å². The first-order chi connectivity index (χ1) is 9.60. The van der Waals surface area contributed by atoms with Gasteiger partial charge in [0.2, 0.25) is 0 Å². The molecule has 0 aliphatic rings. The Kier molecular flexibility index (Phi) is 6.79. The van der Waals surface area contributed by atoms with Gasteiger partial charge in [0, 0.05) is 13.1 Å². The topological polar surface area (TPSA) is 70.6 Å². The normalized spacial score (nSPS) is 11.9. The minimum absolute atomic E-state index is 0.0122. The van der Waals surface area contributed by atoms with Gasteiger partial charge in [0.25, 0.3) is 0 Å². The first-order valence-electron chi connectivity index (χ1n) is 6.51. The summed E-state index contributed by atoms with van der Waals surface area (Å²) in [7, 11) is -3.27. The Hall–Kier alpha value is -1.82. The van der Waals surface area contributed by atoms with Gasteiger partial charge in [-0.25, -0.2) is 8.42 Å². The molecule has 0 radical (unpaired) electrons. The highest BCUT2D eigenvalue weighted by molar-refractivity contribution is 7.91. The molecule has 1 aromatic carbocycles. The van der Waals surface area contributed by atoms with E-state index < -0.39 is 9.84 Å². The Morgan fingerprint density at radius 1 is 1.30 bits per heavy atom. The van der Waals surface area contributed by atoms with Crippen LogP contribution in [-0.4, -0.2) is 39.8 Å². The molecule has 110 valence electrons. The molecule has 0 atom stereocenters. The van der Waals surface area contributed by atoms with Crippen molar-refractivity contribution in [1.82, 2.24) is 10.6 Å². The van der Waals surface area contributed by atoms with Gasteiger partial charge < -0.3 is 10.6 Å². The van der Waals surface area contributed by atoms with Gasteiger partial charge in [-0.3, -0.25) is 4.99 Å². The molecule has 6 heteroatoms. The van der Waals surface area contributed by atoms with E-state index in [0.29, 0.717) is 23.9 Å². The number of hydrogen-bond acceptors (Lipinski definition) is 3. The molecular formula is C14H21N3O2S. The molecule has 0 aliphatic carbocycles. The number of rotatable bonds is 7. The second kappa shape index (κ2) is 8.37. The zero-order valence-electron chi connectivity index (χ0n) is 11.7. The van der Waals surface area contributed by atoms with Crippen LogP contribution in [0.2, 0.25) is 0 Å². The van der Waals surface area contributed by atoms with Crippen molar-refractivity contribution in [2.24, 2.45) is 4.99 Å². The molecule has 0 heterocycles. The van der Waals surface area contributed by atoms with Crippen molar-refractivity contribution in [3.63, 3.8) is 0 Å². The molecule has 0 fully saturated rings. The monoisotopic (exact) mass is 295 g/mol. The summed E-state index contributed by atoms with van der Waals surface area (Å²) in [6.45, 7) is 7.07. The fourth-order valence-corrected chi connectivity index (χ4v) is 2.67. The molecule has 0 aliphatic heterocycles. The van der Waals surface area contributed by atoms with E-state index in [1.165, 1.54) is 0 Å². The van der Waals surface area contributed by atoms with Crippen molar-refractivity contribution >= 4 is 15.8 Å². The molecule has 0 amide bonds. The highest BCUT2D eigenvalue weighted by Gasteiger charge is 2.12. The van der Waals surface area contributed by atoms with Crippen LogP contribution in [0.4, 0.5) is 0 Å². The Balaban J connectivity index is 2.62. The third-order valence-electron chi connectivity index (χ3n) is 2.49. The number of hydrogen-bond donors (Lipinski definition) is 2. The lowest BCUT2D eigenvalue weighted by atomic mass is 10.4. The summed E-state index contributed by atoms with van der Waals surface area (Å²) in [6, 6.07) is 8.41. The van der Waals surface area contributed by atoms with Crippen LogP contribution in [0.15, 0.2) is 52.9 Å². The predicted molar refractivity (Wildman–Crippen MR) is 82.7 cm³/mol. The van der Waals surface area contributed by atoms with E-state index in [9.17, 15) is 8.42 Å². The molecule has 0 aromatic heterocycles. The van der Waals surface area contributed by atoms with Crippen LogP contribution in [0.1, 0.15) is 6.92 Å². The quantitative estimate of drug-likeness (QED) is 0.450. The number of nitrogens with one attached hydrogen (secondary N) is 2. The maximum Gasteiger partial charge on any atom is 0.191 e. The average molecular weight is 295 g/mol. The third-order valence-corrected chi connectivity index (χ3v) is 4.20. The Morgan fingerprint density at radius 3 is 2.60 bits per heavy atom. The maximum atomic E-state index is 12.1. The fourth-order valence-electron chi connectivity index (χ4n) is 1.53. The van der Waals surface area contributed by atoms with Gasteiger partial charge in [-0.15, -0.1) is 6.58 Å². The zero-order valence-corrected chi connectivity index (χ0v) is 12.5. The summed E-state index contributed by atoms with van der Waals surface area (Å²) in [4.78, 5) is 4.56. The number of nitrogens with zero attached hydrogens (tertiary/aromatic N) is 1. The van der Waals surface area contributed by atoms with Crippen LogP contribution in [0.5, 0.6) is 0 Å². The summed E-state index contributed by atoms with van der Waals surface area (Å²) in [6.07, 6.45) is 1.72. The van der Waals surface area contributed by atoms with Gasteiger partial charge in [-0.2, -0.15) is 0 Å². The first-order valence-corrected chi connectivity index (χ1v) is 8.16. The number of benzene rings is 1. The number of aliphatic imine (C=N–C) groups is 1. The number of sulfone groups is 1. The van der Waals surface area contributed by atoms with Gasteiger partial charge in [-0.1, -0.05) is 24.3 Å². The Labute approximate surface area is 120 Å². The van der Waals surface area contributed by atoms with Crippen LogP contribution in [-0.2, 0) is 9.84 Å². The Morgan fingerprint density at radius 2 is 2.00 bits per heavy atom. The van der Waals surface area contributed by atoms with E-state index in [0.717, 1.165) is 0 Å². The van der Waals surface area contributed by atoms with E-state index in [1.54, 1.807) is 36.4 Å². The van der Waals surface area contributed by atoms with E-state index in [-0.39, 0.29) is 12.3 Å².